The van der Waals surface area contributed by atoms with Gasteiger partial charge in [-0.1, -0.05) is 92.8 Å². The van der Waals surface area contributed by atoms with Crippen molar-refractivity contribution in [2.24, 2.45) is 0 Å². The van der Waals surface area contributed by atoms with Crippen molar-refractivity contribution in [3.63, 3.8) is 0 Å². The van der Waals surface area contributed by atoms with Crippen molar-refractivity contribution in [2.75, 3.05) is 35.4 Å². The first-order chi connectivity index (χ1) is 24.5. The number of pyridine rings is 2. The van der Waals surface area contributed by atoms with E-state index in [9.17, 15) is 19.2 Å². The summed E-state index contributed by atoms with van der Waals surface area (Å²) in [6.45, 7) is 12.7. The van der Waals surface area contributed by atoms with Gasteiger partial charge in [-0.2, -0.15) is 0 Å². The Morgan fingerprint density at radius 1 is 0.611 bits per heavy atom. The second-order valence-electron chi connectivity index (χ2n) is 15.0. The molecule has 10 nitrogen and oxygen atoms in total. The van der Waals surface area contributed by atoms with E-state index in [1.54, 1.807) is 42.5 Å². The molecule has 6 N–H and O–H groups in total. The molecule has 0 aliphatic carbocycles. The number of carbonyl (C=O) groups is 2. The molecule has 284 valence electrons. The van der Waals surface area contributed by atoms with Gasteiger partial charge in [-0.05, 0) is 70.5 Å². The number of nitrogen functional groups attached to an aromatic ring is 1. The van der Waals surface area contributed by atoms with Gasteiger partial charge in [0.15, 0.2) is 0 Å². The van der Waals surface area contributed by atoms with Crippen LogP contribution in [-0.4, -0.2) is 35.9 Å². The number of H-pyrrole nitrogens is 2. The number of rotatable bonds is 5. The first kappa shape index (κ1) is 42.3. The number of benzene rings is 4. The van der Waals surface area contributed by atoms with Gasteiger partial charge in [0, 0.05) is 71.0 Å². The van der Waals surface area contributed by atoms with Crippen molar-refractivity contribution in [2.45, 2.75) is 67.2 Å². The van der Waals surface area contributed by atoms with Gasteiger partial charge in [0.25, 0.3) is 11.8 Å². The van der Waals surface area contributed by atoms with E-state index in [1.165, 1.54) is 18.0 Å². The van der Waals surface area contributed by atoms with Crippen molar-refractivity contribution in [1.29, 1.82) is 0 Å². The van der Waals surface area contributed by atoms with Crippen LogP contribution in [0, 0.1) is 0 Å². The molecular weight excluding hydrogens is 677 g/mol. The fraction of sp³-hybridized carbons (Fsp3) is 0.273. The van der Waals surface area contributed by atoms with Gasteiger partial charge in [0.1, 0.15) is 11.1 Å². The fourth-order valence-electron chi connectivity index (χ4n) is 6.01. The van der Waals surface area contributed by atoms with Crippen molar-refractivity contribution in [3.05, 3.63) is 140 Å². The maximum absolute atomic E-state index is 12.7. The van der Waals surface area contributed by atoms with Crippen molar-refractivity contribution in [1.82, 2.24) is 9.97 Å². The standard InChI is InChI=1S/C22H25N3O2.C20H21N3O2.2CH4/c1-22(2,3)17-11-10-14(12-19(17)25(4)5)24-21(27)16-13-23-18-9-7-6-8-15(18)20(16)26;1-20(2,3)15-9-8-12(10-16(15)21)23-19(25)14-11-22-17-7-5-4-6-13(17)18(14)24;;/h6-13H,1-5H3,(H,23,26)(H,24,27);4-11H,21H2,1-3H3,(H,22,24)(H,23,25);2*1H4. The summed E-state index contributed by atoms with van der Waals surface area (Å²) >= 11 is 0. The van der Waals surface area contributed by atoms with Crippen LogP contribution in [0.25, 0.3) is 21.8 Å². The summed E-state index contributed by atoms with van der Waals surface area (Å²) in [6, 6.07) is 25.5. The second kappa shape index (κ2) is 16.7. The highest BCUT2D eigenvalue weighted by Gasteiger charge is 2.21. The number of aromatic amines is 2. The predicted molar refractivity (Wildman–Crippen MR) is 228 cm³/mol. The third-order valence-corrected chi connectivity index (χ3v) is 8.73. The van der Waals surface area contributed by atoms with E-state index >= 15 is 0 Å². The quantitative estimate of drug-likeness (QED) is 0.112. The van der Waals surface area contributed by atoms with E-state index in [2.05, 4.69) is 62.1 Å². The largest absolute Gasteiger partial charge is 0.398 e. The minimum absolute atomic E-state index is 0. The molecule has 10 heteroatoms. The first-order valence-corrected chi connectivity index (χ1v) is 17.0. The number of anilines is 4. The molecule has 0 aliphatic rings. The van der Waals surface area contributed by atoms with Gasteiger partial charge in [-0.25, -0.2) is 0 Å². The van der Waals surface area contributed by atoms with Gasteiger partial charge in [-0.3, -0.25) is 19.2 Å². The van der Waals surface area contributed by atoms with Gasteiger partial charge in [0.2, 0.25) is 10.9 Å². The minimum atomic E-state index is -0.463. The third-order valence-electron chi connectivity index (χ3n) is 8.73. The Labute approximate surface area is 317 Å². The number of hydrogen-bond acceptors (Lipinski definition) is 6. The topological polar surface area (TPSA) is 153 Å². The van der Waals surface area contributed by atoms with Crippen LogP contribution in [0.2, 0.25) is 0 Å². The molecule has 6 rings (SSSR count). The number of fused-ring (bicyclic) bond motifs is 2. The molecule has 0 unspecified atom stereocenters. The normalized spacial score (nSPS) is 11.0. The zero-order chi connectivity index (χ0) is 38.0. The third kappa shape index (κ3) is 9.25. The summed E-state index contributed by atoms with van der Waals surface area (Å²) in [7, 11) is 3.95. The van der Waals surface area contributed by atoms with E-state index in [4.69, 9.17) is 5.73 Å². The highest BCUT2D eigenvalue weighted by Crippen LogP contribution is 2.33. The second-order valence-corrected chi connectivity index (χ2v) is 15.0. The van der Waals surface area contributed by atoms with E-state index in [1.807, 2.05) is 61.5 Å². The average Bonchev–Trinajstić information content (AvgIpc) is 3.08. The molecule has 0 radical (unpaired) electrons. The molecule has 2 amide bonds. The monoisotopic (exact) mass is 730 g/mol. The molecule has 0 spiro atoms. The summed E-state index contributed by atoms with van der Waals surface area (Å²) in [5.41, 5.74) is 12.1. The Balaban J connectivity index is 0.000000281. The van der Waals surface area contributed by atoms with Crippen LogP contribution in [0.3, 0.4) is 0 Å². The summed E-state index contributed by atoms with van der Waals surface area (Å²) in [5, 5.41) is 6.58. The Morgan fingerprint density at radius 2 is 1.02 bits per heavy atom. The summed E-state index contributed by atoms with van der Waals surface area (Å²) in [4.78, 5) is 58.4. The zero-order valence-electron chi connectivity index (χ0n) is 30.9. The molecule has 0 saturated heterocycles. The highest BCUT2D eigenvalue weighted by atomic mass is 16.2. The molecule has 0 atom stereocenters. The Bertz CT molecular complexity index is 2410. The SMILES string of the molecule is C.C.CC(C)(C)c1ccc(NC(=O)c2c[nH]c3ccccc3c2=O)cc1N.CN(C)c1cc(NC(=O)c2c[nH]c3ccccc3c2=O)ccc1C(C)(C)C. The number of aromatic nitrogens is 2. The molecule has 0 fully saturated rings. The van der Waals surface area contributed by atoms with Crippen molar-refractivity contribution >= 4 is 56.4 Å². The molecule has 0 bridgehead atoms. The maximum atomic E-state index is 12.7. The molecule has 54 heavy (non-hydrogen) atoms. The lowest BCUT2D eigenvalue weighted by atomic mass is 9.85. The van der Waals surface area contributed by atoms with Gasteiger partial charge in [-0.15, -0.1) is 0 Å². The number of nitrogens with zero attached hydrogens (tertiary/aromatic N) is 1. The molecule has 2 heterocycles. The number of nitrogens with one attached hydrogen (secondary N) is 4. The highest BCUT2D eigenvalue weighted by molar-refractivity contribution is 6.06. The van der Waals surface area contributed by atoms with Crippen molar-refractivity contribution < 1.29 is 9.59 Å². The number of amides is 2. The molecule has 2 aromatic heterocycles. The van der Waals surface area contributed by atoms with Crippen LogP contribution >= 0.6 is 0 Å². The number of para-hydroxylation sites is 2. The Hall–Kier alpha value is -6.16. The zero-order valence-corrected chi connectivity index (χ0v) is 30.9. The lowest BCUT2D eigenvalue weighted by Gasteiger charge is -2.27. The van der Waals surface area contributed by atoms with Crippen LogP contribution in [0.15, 0.2) is 107 Å². The smallest absolute Gasteiger partial charge is 0.261 e. The van der Waals surface area contributed by atoms with Gasteiger partial charge < -0.3 is 31.2 Å². The number of hydrogen-bond donors (Lipinski definition) is 5. The molecule has 0 aliphatic heterocycles. The van der Waals surface area contributed by atoms with Crippen LogP contribution in [-0.2, 0) is 10.8 Å². The first-order valence-electron chi connectivity index (χ1n) is 17.0. The van der Waals surface area contributed by atoms with Crippen LogP contribution in [0.1, 0.15) is 88.2 Å². The van der Waals surface area contributed by atoms with Crippen LogP contribution < -0.4 is 32.1 Å². The molecular formula is C44H54N6O4. The van der Waals surface area contributed by atoms with Gasteiger partial charge in [0.05, 0.1) is 0 Å². The molecule has 0 saturated carbocycles. The van der Waals surface area contributed by atoms with E-state index < -0.39 is 11.8 Å². The lowest BCUT2D eigenvalue weighted by molar-refractivity contribution is 0.101. The Kier molecular flexibility index (Phi) is 13.0. The lowest BCUT2D eigenvalue weighted by Crippen LogP contribution is -2.23. The average molecular weight is 731 g/mol. The van der Waals surface area contributed by atoms with E-state index in [-0.39, 0.29) is 47.7 Å². The summed E-state index contributed by atoms with van der Waals surface area (Å²) < 4.78 is 0. The maximum Gasteiger partial charge on any atom is 0.261 e. The summed E-state index contributed by atoms with van der Waals surface area (Å²) in [5.74, 6) is -0.884. The number of carbonyl (C=O) groups excluding carboxylic acids is 2. The molecule has 6 aromatic rings. The van der Waals surface area contributed by atoms with E-state index in [0.29, 0.717) is 38.9 Å². The Morgan fingerprint density at radius 3 is 1.43 bits per heavy atom. The number of nitrogens with two attached hydrogens (primary N) is 1. The summed E-state index contributed by atoms with van der Waals surface area (Å²) in [6.07, 6.45) is 2.91. The minimum Gasteiger partial charge on any atom is -0.398 e. The van der Waals surface area contributed by atoms with Crippen LogP contribution in [0.4, 0.5) is 22.7 Å². The van der Waals surface area contributed by atoms with Crippen molar-refractivity contribution in [3.8, 4) is 0 Å². The van der Waals surface area contributed by atoms with Crippen LogP contribution in [0.5, 0.6) is 0 Å². The molecule has 4 aromatic carbocycles. The van der Waals surface area contributed by atoms with E-state index in [0.717, 1.165) is 11.3 Å². The fourth-order valence-corrected chi connectivity index (χ4v) is 6.01. The van der Waals surface area contributed by atoms with Gasteiger partial charge >= 0.3 is 0 Å². The predicted octanol–water partition coefficient (Wildman–Crippen LogP) is 9.08.